The normalized spacial score (nSPS) is 10.7. The van der Waals surface area contributed by atoms with Crippen molar-refractivity contribution in [1.82, 2.24) is 14.9 Å². The summed E-state index contributed by atoms with van der Waals surface area (Å²) >= 11 is 0. The lowest BCUT2D eigenvalue weighted by Crippen LogP contribution is -2.25. The van der Waals surface area contributed by atoms with E-state index >= 15 is 0 Å². The number of ketones is 1. The van der Waals surface area contributed by atoms with Crippen molar-refractivity contribution in [2.75, 3.05) is 7.05 Å². The number of rotatable bonds is 8. The first-order chi connectivity index (χ1) is 14.9. The van der Waals surface area contributed by atoms with Gasteiger partial charge in [0.2, 0.25) is 5.91 Å². The Labute approximate surface area is 182 Å². The van der Waals surface area contributed by atoms with Gasteiger partial charge in [-0.15, -0.1) is 0 Å². The second-order valence-corrected chi connectivity index (χ2v) is 7.58. The van der Waals surface area contributed by atoms with Crippen LogP contribution >= 0.6 is 0 Å². The van der Waals surface area contributed by atoms with E-state index in [-0.39, 0.29) is 17.5 Å². The number of carbonyl (C=O) groups is 2. The number of nitrogens with zero attached hydrogens (tertiary/aromatic N) is 3. The number of hydrogen-bond donors (Lipinski definition) is 0. The first kappa shape index (κ1) is 22.3. The standard InChI is InChI=1S/C25H26FN3O2/c1-4-25(31)29(3)16-19-7-10-21(22(26)13-19)20-9-11-23(28-15-20)24(30)12-8-18-6-5-17(2)27-14-18/h5-7,9-11,13-15H,4,8,12,16H2,1-3H3. The first-order valence-electron chi connectivity index (χ1n) is 10.3. The largest absolute Gasteiger partial charge is 0.341 e. The van der Waals surface area contributed by atoms with Crippen molar-refractivity contribution in [3.63, 3.8) is 0 Å². The highest BCUT2D eigenvalue weighted by atomic mass is 19.1. The van der Waals surface area contributed by atoms with Crippen LogP contribution in [0, 0.1) is 12.7 Å². The van der Waals surface area contributed by atoms with E-state index in [9.17, 15) is 14.0 Å². The molecule has 1 amide bonds. The second kappa shape index (κ2) is 10.1. The topological polar surface area (TPSA) is 63.2 Å². The van der Waals surface area contributed by atoms with Gasteiger partial charge in [-0.2, -0.15) is 0 Å². The number of benzene rings is 1. The van der Waals surface area contributed by atoms with Crippen LogP contribution in [0.15, 0.2) is 54.9 Å². The Bertz CT molecular complexity index is 1060. The summed E-state index contributed by atoms with van der Waals surface area (Å²) in [6.07, 6.45) is 4.65. The Balaban J connectivity index is 1.65. The summed E-state index contributed by atoms with van der Waals surface area (Å²) in [4.78, 5) is 34.2. The van der Waals surface area contributed by atoms with Crippen molar-refractivity contribution < 1.29 is 14.0 Å². The van der Waals surface area contributed by atoms with Crippen LogP contribution in [0.1, 0.15) is 47.1 Å². The van der Waals surface area contributed by atoms with Gasteiger partial charge in [0.25, 0.3) is 0 Å². The maximum atomic E-state index is 14.7. The molecule has 3 aromatic rings. The Hall–Kier alpha value is -3.41. The minimum Gasteiger partial charge on any atom is -0.341 e. The van der Waals surface area contributed by atoms with E-state index in [1.807, 2.05) is 19.1 Å². The number of pyridine rings is 2. The van der Waals surface area contributed by atoms with E-state index in [0.29, 0.717) is 42.6 Å². The third-order valence-electron chi connectivity index (χ3n) is 5.15. The average Bonchev–Trinajstić information content (AvgIpc) is 2.78. The molecule has 0 saturated carbocycles. The van der Waals surface area contributed by atoms with Crippen LogP contribution in [0.5, 0.6) is 0 Å². The van der Waals surface area contributed by atoms with Gasteiger partial charge in [0.05, 0.1) is 0 Å². The molecule has 0 fully saturated rings. The van der Waals surface area contributed by atoms with E-state index in [0.717, 1.165) is 16.8 Å². The molecule has 0 saturated heterocycles. The van der Waals surface area contributed by atoms with Gasteiger partial charge in [-0.1, -0.05) is 31.2 Å². The minimum atomic E-state index is -0.386. The summed E-state index contributed by atoms with van der Waals surface area (Å²) in [6.45, 7) is 4.07. The lowest BCUT2D eigenvalue weighted by molar-refractivity contribution is -0.130. The van der Waals surface area contributed by atoms with Gasteiger partial charge in [0.15, 0.2) is 5.78 Å². The average molecular weight is 420 g/mol. The summed E-state index contributed by atoms with van der Waals surface area (Å²) in [7, 11) is 1.70. The fraction of sp³-hybridized carbons (Fsp3) is 0.280. The van der Waals surface area contributed by atoms with E-state index in [1.165, 1.54) is 12.3 Å². The highest BCUT2D eigenvalue weighted by Gasteiger charge is 2.12. The molecule has 0 unspecified atom stereocenters. The Morgan fingerprint density at radius 3 is 2.39 bits per heavy atom. The maximum absolute atomic E-state index is 14.7. The molecule has 1 aromatic carbocycles. The summed E-state index contributed by atoms with van der Waals surface area (Å²) in [5.41, 5.74) is 4.03. The van der Waals surface area contributed by atoms with Crippen molar-refractivity contribution in [2.24, 2.45) is 0 Å². The number of aromatic nitrogens is 2. The number of amides is 1. The highest BCUT2D eigenvalue weighted by Crippen LogP contribution is 2.24. The Morgan fingerprint density at radius 1 is 1.00 bits per heavy atom. The van der Waals surface area contributed by atoms with Gasteiger partial charge in [0.1, 0.15) is 11.5 Å². The van der Waals surface area contributed by atoms with Gasteiger partial charge in [0, 0.05) is 55.6 Å². The first-order valence-corrected chi connectivity index (χ1v) is 10.3. The zero-order valence-corrected chi connectivity index (χ0v) is 18.1. The van der Waals surface area contributed by atoms with E-state index < -0.39 is 0 Å². The van der Waals surface area contributed by atoms with Crippen LogP contribution in [0.25, 0.3) is 11.1 Å². The zero-order valence-electron chi connectivity index (χ0n) is 18.1. The Morgan fingerprint density at radius 2 is 1.77 bits per heavy atom. The monoisotopic (exact) mass is 419 g/mol. The van der Waals surface area contributed by atoms with Gasteiger partial charge in [-0.3, -0.25) is 19.6 Å². The molecule has 5 nitrogen and oxygen atoms in total. The van der Waals surface area contributed by atoms with Crippen molar-refractivity contribution in [3.8, 4) is 11.1 Å². The van der Waals surface area contributed by atoms with E-state index in [1.54, 1.807) is 49.3 Å². The third kappa shape index (κ3) is 5.81. The number of aryl methyl sites for hydroxylation is 2. The molecule has 3 rings (SSSR count). The van der Waals surface area contributed by atoms with E-state index in [4.69, 9.17) is 0 Å². The molecule has 0 spiro atoms. The molecule has 0 aliphatic rings. The molecule has 2 heterocycles. The molecule has 6 heteroatoms. The lowest BCUT2D eigenvalue weighted by Gasteiger charge is -2.16. The van der Waals surface area contributed by atoms with E-state index in [2.05, 4.69) is 9.97 Å². The zero-order chi connectivity index (χ0) is 22.4. The van der Waals surface area contributed by atoms with Gasteiger partial charge in [-0.25, -0.2) is 4.39 Å². The molecule has 0 aliphatic heterocycles. The van der Waals surface area contributed by atoms with Crippen LogP contribution in [0.3, 0.4) is 0 Å². The predicted molar refractivity (Wildman–Crippen MR) is 118 cm³/mol. The minimum absolute atomic E-state index is 0.00702. The smallest absolute Gasteiger partial charge is 0.222 e. The van der Waals surface area contributed by atoms with Crippen LogP contribution in [0.4, 0.5) is 4.39 Å². The molecule has 2 aromatic heterocycles. The third-order valence-corrected chi connectivity index (χ3v) is 5.15. The summed E-state index contributed by atoms with van der Waals surface area (Å²) < 4.78 is 14.7. The van der Waals surface area contributed by atoms with Crippen molar-refractivity contribution in [1.29, 1.82) is 0 Å². The fourth-order valence-electron chi connectivity index (χ4n) is 3.27. The number of halogens is 1. The highest BCUT2D eigenvalue weighted by molar-refractivity contribution is 5.94. The van der Waals surface area contributed by atoms with Crippen LogP contribution in [-0.4, -0.2) is 33.6 Å². The molecule has 0 N–H and O–H groups in total. The number of hydrogen-bond acceptors (Lipinski definition) is 4. The quantitative estimate of drug-likeness (QED) is 0.493. The molecule has 0 radical (unpaired) electrons. The predicted octanol–water partition coefficient (Wildman–Crippen LogP) is 4.78. The summed E-state index contributed by atoms with van der Waals surface area (Å²) in [6, 6.07) is 12.1. The van der Waals surface area contributed by atoms with Crippen LogP contribution in [-0.2, 0) is 17.8 Å². The van der Waals surface area contributed by atoms with Crippen molar-refractivity contribution in [3.05, 3.63) is 83.2 Å². The summed E-state index contributed by atoms with van der Waals surface area (Å²) in [5.74, 6) is -0.443. The molecular formula is C25H26FN3O2. The number of Topliss-reactive ketones (excluding diaryl/α,β-unsaturated/α-hetero) is 1. The molecule has 0 bridgehead atoms. The van der Waals surface area contributed by atoms with Gasteiger partial charge < -0.3 is 4.90 Å². The SMILES string of the molecule is CCC(=O)N(C)Cc1ccc(-c2ccc(C(=O)CCc3ccc(C)nc3)nc2)c(F)c1. The van der Waals surface area contributed by atoms with Crippen LogP contribution in [0.2, 0.25) is 0 Å². The Kier molecular flexibility index (Phi) is 7.23. The fourth-order valence-corrected chi connectivity index (χ4v) is 3.27. The second-order valence-electron chi connectivity index (χ2n) is 7.58. The van der Waals surface area contributed by atoms with Gasteiger partial charge in [-0.05, 0) is 42.7 Å². The molecule has 31 heavy (non-hydrogen) atoms. The van der Waals surface area contributed by atoms with Crippen molar-refractivity contribution in [2.45, 2.75) is 39.7 Å². The van der Waals surface area contributed by atoms with Gasteiger partial charge >= 0.3 is 0 Å². The molecule has 0 aliphatic carbocycles. The molecule has 160 valence electrons. The van der Waals surface area contributed by atoms with Crippen LogP contribution < -0.4 is 0 Å². The lowest BCUT2D eigenvalue weighted by atomic mass is 10.0. The number of carbonyl (C=O) groups excluding carboxylic acids is 2. The molecular weight excluding hydrogens is 393 g/mol. The van der Waals surface area contributed by atoms with Crippen molar-refractivity contribution >= 4 is 11.7 Å². The summed E-state index contributed by atoms with van der Waals surface area (Å²) in [5, 5.41) is 0. The maximum Gasteiger partial charge on any atom is 0.222 e. The molecule has 0 atom stereocenters.